The van der Waals surface area contributed by atoms with Crippen molar-refractivity contribution in [1.82, 2.24) is 0 Å². The molecule has 55 heavy (non-hydrogen) atoms. The van der Waals surface area contributed by atoms with Crippen molar-refractivity contribution in [3.05, 3.63) is 164 Å². The fourth-order valence-corrected chi connectivity index (χ4v) is 7.91. The van der Waals surface area contributed by atoms with Gasteiger partial charge in [0.15, 0.2) is 0 Å². The van der Waals surface area contributed by atoms with Crippen LogP contribution >= 0.6 is 0 Å². The van der Waals surface area contributed by atoms with Crippen LogP contribution in [0.15, 0.2) is 164 Å². The van der Waals surface area contributed by atoms with E-state index in [-0.39, 0.29) is 0 Å². The molecule has 0 saturated carbocycles. The monoisotopic (exact) mass is 719 g/mol. The Kier molecular flexibility index (Phi) is 11.8. The standard InChI is InChI=1S/C52H53N3/c1-6-53-44-29-23-38(24-30-44)47-17-11-14-20-50(47)41-35-42(51-21-15-12-18-48(51)39-25-31-45(32-26-39)54(7-2)8-3)37-43(36-41)52-22-16-13-19-49(52)40-27-33-46(34-28-40)55(9-4)10-5/h11-37,53H,6-10H2,1-5H3. The Morgan fingerprint density at radius 2 is 0.600 bits per heavy atom. The molecule has 0 atom stereocenters. The lowest BCUT2D eigenvalue weighted by atomic mass is 9.86. The zero-order valence-electron chi connectivity index (χ0n) is 33.0. The molecule has 0 heterocycles. The number of rotatable bonds is 14. The number of nitrogens with one attached hydrogen (secondary N) is 1. The van der Waals surface area contributed by atoms with Gasteiger partial charge in [0.1, 0.15) is 0 Å². The molecular weight excluding hydrogens is 667 g/mol. The lowest BCUT2D eigenvalue weighted by molar-refractivity contribution is 0.866. The van der Waals surface area contributed by atoms with Crippen LogP contribution in [0.2, 0.25) is 0 Å². The minimum Gasteiger partial charge on any atom is -0.385 e. The molecular formula is C52H53N3. The van der Waals surface area contributed by atoms with Crippen molar-refractivity contribution in [2.24, 2.45) is 0 Å². The molecule has 3 heteroatoms. The molecule has 0 bridgehead atoms. The molecule has 0 amide bonds. The maximum absolute atomic E-state index is 3.45. The van der Waals surface area contributed by atoms with E-state index in [9.17, 15) is 0 Å². The summed E-state index contributed by atoms with van der Waals surface area (Å²) in [5.41, 5.74) is 18.2. The Bertz CT molecular complexity index is 2200. The first-order chi connectivity index (χ1) is 27.0. The first-order valence-electron chi connectivity index (χ1n) is 20.0. The summed E-state index contributed by atoms with van der Waals surface area (Å²) in [6.07, 6.45) is 0. The highest BCUT2D eigenvalue weighted by molar-refractivity contribution is 5.94. The normalized spacial score (nSPS) is 11.0. The number of benzene rings is 7. The summed E-state index contributed by atoms with van der Waals surface area (Å²) in [7, 11) is 0. The quantitative estimate of drug-likeness (QED) is 0.121. The lowest BCUT2D eigenvalue weighted by Crippen LogP contribution is -2.21. The van der Waals surface area contributed by atoms with Crippen molar-refractivity contribution < 1.29 is 0 Å². The van der Waals surface area contributed by atoms with Crippen molar-refractivity contribution in [2.75, 3.05) is 47.8 Å². The fraction of sp³-hybridized carbons (Fsp3) is 0.192. The second kappa shape index (κ2) is 17.4. The smallest absolute Gasteiger partial charge is 0.0366 e. The summed E-state index contributed by atoms with van der Waals surface area (Å²) >= 11 is 0. The average molecular weight is 720 g/mol. The first-order valence-corrected chi connectivity index (χ1v) is 20.0. The van der Waals surface area contributed by atoms with Gasteiger partial charge in [-0.15, -0.1) is 0 Å². The summed E-state index contributed by atoms with van der Waals surface area (Å²) < 4.78 is 0. The Morgan fingerprint density at radius 1 is 0.327 bits per heavy atom. The fourth-order valence-electron chi connectivity index (χ4n) is 7.91. The number of anilines is 3. The largest absolute Gasteiger partial charge is 0.385 e. The Morgan fingerprint density at radius 3 is 0.873 bits per heavy atom. The van der Waals surface area contributed by atoms with Gasteiger partial charge in [0.2, 0.25) is 0 Å². The van der Waals surface area contributed by atoms with Crippen LogP contribution in [0.4, 0.5) is 17.1 Å². The molecule has 7 aromatic rings. The van der Waals surface area contributed by atoms with Gasteiger partial charge in [-0.05, 0) is 156 Å². The van der Waals surface area contributed by atoms with Gasteiger partial charge in [0.25, 0.3) is 0 Å². The van der Waals surface area contributed by atoms with Crippen LogP contribution < -0.4 is 15.1 Å². The molecule has 0 aromatic heterocycles. The van der Waals surface area contributed by atoms with E-state index in [1.807, 2.05) is 0 Å². The van der Waals surface area contributed by atoms with Gasteiger partial charge in [-0.3, -0.25) is 0 Å². The van der Waals surface area contributed by atoms with Crippen LogP contribution in [0.25, 0.3) is 66.8 Å². The van der Waals surface area contributed by atoms with E-state index in [0.29, 0.717) is 0 Å². The van der Waals surface area contributed by atoms with Crippen molar-refractivity contribution in [3.8, 4) is 66.8 Å². The van der Waals surface area contributed by atoms with Gasteiger partial charge in [0, 0.05) is 49.8 Å². The van der Waals surface area contributed by atoms with Gasteiger partial charge in [-0.25, -0.2) is 0 Å². The second-order valence-electron chi connectivity index (χ2n) is 14.0. The second-order valence-corrected chi connectivity index (χ2v) is 14.0. The van der Waals surface area contributed by atoms with Crippen LogP contribution in [-0.4, -0.2) is 32.7 Å². The van der Waals surface area contributed by atoms with Gasteiger partial charge in [-0.1, -0.05) is 109 Å². The van der Waals surface area contributed by atoms with E-state index in [4.69, 9.17) is 0 Å². The molecule has 1 N–H and O–H groups in total. The van der Waals surface area contributed by atoms with E-state index in [1.54, 1.807) is 0 Å². The summed E-state index contributed by atoms with van der Waals surface area (Å²) in [5, 5.41) is 3.45. The third-order valence-corrected chi connectivity index (χ3v) is 10.8. The van der Waals surface area contributed by atoms with Crippen LogP contribution in [0.5, 0.6) is 0 Å². The molecule has 0 aliphatic heterocycles. The summed E-state index contributed by atoms with van der Waals surface area (Å²) in [6.45, 7) is 15.9. The predicted octanol–water partition coefficient (Wildman–Crippen LogP) is 13.8. The van der Waals surface area contributed by atoms with Crippen LogP contribution in [-0.2, 0) is 0 Å². The molecule has 276 valence electrons. The maximum Gasteiger partial charge on any atom is 0.0366 e. The summed E-state index contributed by atoms with van der Waals surface area (Å²) in [5.74, 6) is 0. The van der Waals surface area contributed by atoms with E-state index >= 15 is 0 Å². The van der Waals surface area contributed by atoms with Crippen LogP contribution in [0.3, 0.4) is 0 Å². The highest BCUT2D eigenvalue weighted by Crippen LogP contribution is 2.42. The van der Waals surface area contributed by atoms with Gasteiger partial charge < -0.3 is 15.1 Å². The third kappa shape index (κ3) is 8.07. The lowest BCUT2D eigenvalue weighted by Gasteiger charge is -2.22. The van der Waals surface area contributed by atoms with Crippen molar-refractivity contribution in [1.29, 1.82) is 0 Å². The number of nitrogens with zero attached hydrogens (tertiary/aromatic N) is 2. The number of hydrogen-bond acceptors (Lipinski definition) is 3. The molecule has 0 aliphatic rings. The number of hydrogen-bond donors (Lipinski definition) is 1. The van der Waals surface area contributed by atoms with E-state index in [2.05, 4.69) is 214 Å². The van der Waals surface area contributed by atoms with Crippen LogP contribution in [0.1, 0.15) is 34.6 Å². The molecule has 3 nitrogen and oxygen atoms in total. The highest BCUT2D eigenvalue weighted by Gasteiger charge is 2.16. The molecule has 0 radical (unpaired) electrons. The zero-order chi connectivity index (χ0) is 38.1. The molecule has 0 spiro atoms. The highest BCUT2D eigenvalue weighted by atomic mass is 15.1. The first kappa shape index (κ1) is 37.3. The van der Waals surface area contributed by atoms with Gasteiger partial charge >= 0.3 is 0 Å². The van der Waals surface area contributed by atoms with E-state index < -0.39 is 0 Å². The molecule has 0 fully saturated rings. The summed E-state index contributed by atoms with van der Waals surface area (Å²) in [6, 6.07) is 60.7. The maximum atomic E-state index is 3.45. The van der Waals surface area contributed by atoms with E-state index in [0.717, 1.165) is 38.4 Å². The zero-order valence-corrected chi connectivity index (χ0v) is 33.0. The van der Waals surface area contributed by atoms with Crippen molar-refractivity contribution >= 4 is 17.1 Å². The summed E-state index contributed by atoms with van der Waals surface area (Å²) in [4.78, 5) is 4.79. The van der Waals surface area contributed by atoms with Crippen molar-refractivity contribution in [3.63, 3.8) is 0 Å². The molecule has 7 aromatic carbocycles. The Hall–Kier alpha value is -6.06. The van der Waals surface area contributed by atoms with Crippen molar-refractivity contribution in [2.45, 2.75) is 34.6 Å². The van der Waals surface area contributed by atoms with E-state index in [1.165, 1.54) is 78.1 Å². The minimum absolute atomic E-state index is 0.897. The van der Waals surface area contributed by atoms with Gasteiger partial charge in [0.05, 0.1) is 0 Å². The van der Waals surface area contributed by atoms with Gasteiger partial charge in [-0.2, -0.15) is 0 Å². The SMILES string of the molecule is CCNc1ccc(-c2ccccc2-c2cc(-c3ccccc3-c3ccc(N(CC)CC)cc3)cc(-c3ccccc3-c3ccc(N(CC)CC)cc3)c2)cc1. The minimum atomic E-state index is 0.897. The average Bonchev–Trinajstić information content (AvgIpc) is 3.25. The Labute approximate surface area is 328 Å². The molecule has 0 aliphatic carbocycles. The van der Waals surface area contributed by atoms with Crippen LogP contribution in [0, 0.1) is 0 Å². The molecule has 0 unspecified atom stereocenters. The third-order valence-electron chi connectivity index (χ3n) is 10.8. The Balaban J connectivity index is 1.41. The molecule has 0 saturated heterocycles. The predicted molar refractivity (Wildman–Crippen MR) is 240 cm³/mol. The topological polar surface area (TPSA) is 18.5 Å². The molecule has 7 rings (SSSR count).